The van der Waals surface area contributed by atoms with E-state index in [-0.39, 0.29) is 5.92 Å². The van der Waals surface area contributed by atoms with Crippen molar-refractivity contribution in [3.63, 3.8) is 0 Å². The van der Waals surface area contributed by atoms with Crippen LogP contribution in [0.3, 0.4) is 0 Å². The average molecular weight is 303 g/mol. The first-order valence-corrected chi connectivity index (χ1v) is 8.42. The molecule has 1 aromatic rings. The number of ether oxygens (including phenoxy) is 1. The van der Waals surface area contributed by atoms with Gasteiger partial charge < -0.3 is 9.84 Å². The molecule has 22 heavy (non-hydrogen) atoms. The molecule has 0 unspecified atom stereocenters. The van der Waals surface area contributed by atoms with E-state index in [1.54, 1.807) is 0 Å². The Hall–Kier alpha value is -1.55. The Morgan fingerprint density at radius 1 is 1.14 bits per heavy atom. The normalized spacial score (nSPS) is 21.1. The Balaban J connectivity index is 1.59. The maximum atomic E-state index is 11.0. The maximum Gasteiger partial charge on any atom is 0.306 e. The Morgan fingerprint density at radius 3 is 2.50 bits per heavy atom. The topological polar surface area (TPSA) is 49.8 Å². The van der Waals surface area contributed by atoms with Gasteiger partial charge in [0.15, 0.2) is 0 Å². The van der Waals surface area contributed by atoms with Gasteiger partial charge in [0.05, 0.1) is 12.0 Å². The first-order valence-electron chi connectivity index (χ1n) is 8.42. The van der Waals surface area contributed by atoms with E-state index < -0.39 is 5.97 Å². The van der Waals surface area contributed by atoms with Gasteiger partial charge >= 0.3 is 5.97 Å². The van der Waals surface area contributed by atoms with E-state index in [1.165, 1.54) is 31.2 Å². The monoisotopic (exact) mass is 303 g/mol. The van der Waals surface area contributed by atoms with Gasteiger partial charge in [-0.1, -0.05) is 18.2 Å². The van der Waals surface area contributed by atoms with Gasteiger partial charge in [-0.3, -0.25) is 9.69 Å². The van der Waals surface area contributed by atoms with Gasteiger partial charge in [-0.2, -0.15) is 0 Å². The molecule has 3 rings (SSSR count). The van der Waals surface area contributed by atoms with Crippen LogP contribution in [0.2, 0.25) is 0 Å². The minimum Gasteiger partial charge on any atom is -0.490 e. The summed E-state index contributed by atoms with van der Waals surface area (Å²) in [6, 6.07) is 8.29. The Bertz CT molecular complexity index is 503. The minimum atomic E-state index is -0.649. The van der Waals surface area contributed by atoms with Gasteiger partial charge in [-0.05, 0) is 57.7 Å². The van der Waals surface area contributed by atoms with Crippen molar-refractivity contribution in [2.24, 2.45) is 5.92 Å². The van der Waals surface area contributed by atoms with Crippen molar-refractivity contribution in [3.05, 3.63) is 29.8 Å². The van der Waals surface area contributed by atoms with Gasteiger partial charge in [0.1, 0.15) is 5.75 Å². The number of para-hydroxylation sites is 1. The summed E-state index contributed by atoms with van der Waals surface area (Å²) in [5, 5.41) is 9.08. The van der Waals surface area contributed by atoms with Crippen molar-refractivity contribution in [1.29, 1.82) is 0 Å². The quantitative estimate of drug-likeness (QED) is 0.906. The third-order valence-corrected chi connectivity index (χ3v) is 4.90. The molecule has 0 bridgehead atoms. The number of carbonyl (C=O) groups is 1. The van der Waals surface area contributed by atoms with Crippen LogP contribution in [-0.2, 0) is 11.3 Å². The molecule has 0 aromatic heterocycles. The third kappa shape index (κ3) is 3.80. The smallest absolute Gasteiger partial charge is 0.306 e. The number of benzene rings is 1. The maximum absolute atomic E-state index is 11.0. The first kappa shape index (κ1) is 15.3. The number of carboxylic acid groups (broad SMARTS) is 1. The lowest BCUT2D eigenvalue weighted by atomic mass is 9.97. The van der Waals surface area contributed by atoms with Crippen molar-refractivity contribution in [2.45, 2.75) is 51.2 Å². The van der Waals surface area contributed by atoms with Gasteiger partial charge in [0.25, 0.3) is 0 Å². The number of hydrogen-bond donors (Lipinski definition) is 1. The number of hydrogen-bond acceptors (Lipinski definition) is 3. The molecule has 0 amide bonds. The number of rotatable bonds is 5. The highest BCUT2D eigenvalue weighted by molar-refractivity contribution is 5.70. The van der Waals surface area contributed by atoms with Crippen LogP contribution in [0.4, 0.5) is 0 Å². The van der Waals surface area contributed by atoms with Crippen LogP contribution in [0, 0.1) is 5.92 Å². The fourth-order valence-electron chi connectivity index (χ4n) is 3.51. The molecule has 1 aliphatic heterocycles. The van der Waals surface area contributed by atoms with Crippen LogP contribution in [0.5, 0.6) is 5.75 Å². The number of nitrogens with zero attached hydrogens (tertiary/aromatic N) is 1. The van der Waals surface area contributed by atoms with E-state index in [1.807, 2.05) is 6.07 Å². The molecule has 1 aromatic carbocycles. The minimum absolute atomic E-state index is 0.166. The molecule has 0 atom stereocenters. The molecular formula is C18H25NO3. The van der Waals surface area contributed by atoms with Crippen molar-refractivity contribution in [3.8, 4) is 5.75 Å². The Kier molecular flexibility index (Phi) is 4.98. The van der Waals surface area contributed by atoms with E-state index in [0.29, 0.717) is 6.10 Å². The van der Waals surface area contributed by atoms with Crippen LogP contribution in [-0.4, -0.2) is 35.2 Å². The largest absolute Gasteiger partial charge is 0.490 e. The van der Waals surface area contributed by atoms with E-state index in [9.17, 15) is 4.79 Å². The zero-order valence-corrected chi connectivity index (χ0v) is 13.0. The standard InChI is InChI=1S/C18H25NO3/c20-18(21)14-9-11-19(12-10-14)13-15-5-1-4-8-17(15)22-16-6-2-3-7-16/h1,4-5,8,14,16H,2-3,6-7,9-13H2,(H,20,21). The van der Waals surface area contributed by atoms with Crippen LogP contribution in [0.15, 0.2) is 24.3 Å². The lowest BCUT2D eigenvalue weighted by Crippen LogP contribution is -2.36. The highest BCUT2D eigenvalue weighted by atomic mass is 16.5. The fourth-order valence-corrected chi connectivity index (χ4v) is 3.51. The van der Waals surface area contributed by atoms with Crippen LogP contribution in [0.1, 0.15) is 44.1 Å². The molecule has 4 nitrogen and oxygen atoms in total. The predicted octanol–water partition coefficient (Wildman–Crippen LogP) is 3.30. The van der Waals surface area contributed by atoms with Crippen molar-refractivity contribution >= 4 is 5.97 Å². The highest BCUT2D eigenvalue weighted by Gasteiger charge is 2.25. The zero-order valence-electron chi connectivity index (χ0n) is 13.0. The summed E-state index contributed by atoms with van der Waals surface area (Å²) in [4.78, 5) is 13.4. The molecule has 4 heteroatoms. The molecule has 2 aliphatic rings. The molecule has 2 fully saturated rings. The first-order chi connectivity index (χ1) is 10.7. The summed E-state index contributed by atoms with van der Waals surface area (Å²) in [6.45, 7) is 2.57. The second kappa shape index (κ2) is 7.14. The lowest BCUT2D eigenvalue weighted by Gasteiger charge is -2.30. The summed E-state index contributed by atoms with van der Waals surface area (Å²) in [6.07, 6.45) is 6.75. The second-order valence-corrected chi connectivity index (χ2v) is 6.52. The molecule has 1 saturated heterocycles. The van der Waals surface area contributed by atoms with E-state index in [2.05, 4.69) is 23.1 Å². The molecule has 0 radical (unpaired) electrons. The van der Waals surface area contributed by atoms with Gasteiger partial charge in [0, 0.05) is 12.1 Å². The van der Waals surface area contributed by atoms with Crippen molar-refractivity contribution in [1.82, 2.24) is 4.90 Å². The van der Waals surface area contributed by atoms with Gasteiger partial charge in [0.2, 0.25) is 0 Å². The van der Waals surface area contributed by atoms with Gasteiger partial charge in [-0.15, -0.1) is 0 Å². The summed E-state index contributed by atoms with van der Waals surface area (Å²) >= 11 is 0. The van der Waals surface area contributed by atoms with Crippen LogP contribution < -0.4 is 4.74 Å². The van der Waals surface area contributed by atoms with Crippen LogP contribution in [0.25, 0.3) is 0 Å². The number of carboxylic acids is 1. The van der Waals surface area contributed by atoms with E-state index in [0.717, 1.165) is 38.2 Å². The fraction of sp³-hybridized carbons (Fsp3) is 0.611. The summed E-state index contributed by atoms with van der Waals surface area (Å²) in [7, 11) is 0. The molecule has 1 heterocycles. The molecule has 120 valence electrons. The van der Waals surface area contributed by atoms with Crippen LogP contribution >= 0.6 is 0 Å². The number of piperidine rings is 1. The SMILES string of the molecule is O=C(O)C1CCN(Cc2ccccc2OC2CCCC2)CC1. The molecule has 1 aliphatic carbocycles. The van der Waals surface area contributed by atoms with E-state index >= 15 is 0 Å². The average Bonchev–Trinajstić information content (AvgIpc) is 3.03. The van der Waals surface area contributed by atoms with E-state index in [4.69, 9.17) is 9.84 Å². The summed E-state index contributed by atoms with van der Waals surface area (Å²) in [5.74, 6) is 0.195. The summed E-state index contributed by atoms with van der Waals surface area (Å²) < 4.78 is 6.19. The van der Waals surface area contributed by atoms with Crippen molar-refractivity contribution in [2.75, 3.05) is 13.1 Å². The summed E-state index contributed by atoms with van der Waals surface area (Å²) in [5.41, 5.74) is 1.23. The second-order valence-electron chi connectivity index (χ2n) is 6.52. The number of aliphatic carboxylic acids is 1. The Morgan fingerprint density at radius 2 is 1.82 bits per heavy atom. The lowest BCUT2D eigenvalue weighted by molar-refractivity contribution is -0.143. The molecule has 1 saturated carbocycles. The molecule has 0 spiro atoms. The number of likely N-dealkylation sites (tertiary alicyclic amines) is 1. The molecule has 1 N–H and O–H groups in total. The predicted molar refractivity (Wildman–Crippen MR) is 85.0 cm³/mol. The zero-order chi connectivity index (χ0) is 15.4. The third-order valence-electron chi connectivity index (χ3n) is 4.90. The molecular weight excluding hydrogens is 278 g/mol. The van der Waals surface area contributed by atoms with Gasteiger partial charge in [-0.25, -0.2) is 0 Å². The highest BCUT2D eigenvalue weighted by Crippen LogP contribution is 2.28. The van der Waals surface area contributed by atoms with Crippen molar-refractivity contribution < 1.29 is 14.6 Å². The Labute approximate surface area is 132 Å².